The van der Waals surface area contributed by atoms with E-state index in [1.165, 1.54) is 12.1 Å². The number of rotatable bonds is 4. The molecular formula is C19H16FN5O2. The SMILES string of the molecule is O=C(NCc1cccnc1)c1cn2c(n1)C(=O)N[C@H](c1ccc(F)cc1)C2. The van der Waals surface area contributed by atoms with Gasteiger partial charge in [-0.1, -0.05) is 18.2 Å². The van der Waals surface area contributed by atoms with Gasteiger partial charge in [-0.2, -0.15) is 0 Å². The number of nitrogens with zero attached hydrogens (tertiary/aromatic N) is 3. The van der Waals surface area contributed by atoms with Gasteiger partial charge < -0.3 is 15.2 Å². The number of carbonyl (C=O) groups excluding carboxylic acids is 2. The highest BCUT2D eigenvalue weighted by atomic mass is 19.1. The van der Waals surface area contributed by atoms with E-state index in [4.69, 9.17) is 0 Å². The van der Waals surface area contributed by atoms with Crippen LogP contribution in [-0.4, -0.2) is 26.3 Å². The minimum absolute atomic E-state index is 0.170. The molecule has 1 aromatic carbocycles. The molecule has 27 heavy (non-hydrogen) atoms. The van der Waals surface area contributed by atoms with Crippen LogP contribution in [0.2, 0.25) is 0 Å². The second-order valence-electron chi connectivity index (χ2n) is 6.22. The predicted molar refractivity (Wildman–Crippen MR) is 94.2 cm³/mol. The Morgan fingerprint density at radius 1 is 1.30 bits per heavy atom. The fourth-order valence-corrected chi connectivity index (χ4v) is 2.97. The number of aromatic nitrogens is 3. The summed E-state index contributed by atoms with van der Waals surface area (Å²) in [6.07, 6.45) is 4.88. The first-order valence-electron chi connectivity index (χ1n) is 8.41. The Kier molecular flexibility index (Phi) is 4.37. The second-order valence-corrected chi connectivity index (χ2v) is 6.22. The average molecular weight is 365 g/mol. The Bertz CT molecular complexity index is 985. The van der Waals surface area contributed by atoms with Gasteiger partial charge in [0.05, 0.1) is 6.04 Å². The molecule has 4 rings (SSSR count). The van der Waals surface area contributed by atoms with Crippen molar-refractivity contribution in [3.8, 4) is 0 Å². The third-order valence-corrected chi connectivity index (χ3v) is 4.35. The van der Waals surface area contributed by atoms with Gasteiger partial charge in [-0.15, -0.1) is 0 Å². The van der Waals surface area contributed by atoms with E-state index in [1.54, 1.807) is 41.4 Å². The zero-order valence-corrected chi connectivity index (χ0v) is 14.2. The van der Waals surface area contributed by atoms with Crippen LogP contribution in [-0.2, 0) is 13.1 Å². The number of benzene rings is 1. The standard InChI is InChI=1S/C19H16FN5O2/c20-14-5-3-13(4-6-14)15-10-25-11-16(23-17(25)19(27)24-15)18(26)22-9-12-2-1-7-21-8-12/h1-8,11,15H,9-10H2,(H,22,26)(H,24,27)/t15-/m0/s1. The zero-order chi connectivity index (χ0) is 18.8. The summed E-state index contributed by atoms with van der Waals surface area (Å²) in [5.41, 5.74) is 1.82. The molecule has 3 aromatic rings. The first-order chi connectivity index (χ1) is 13.1. The Hall–Kier alpha value is -3.55. The van der Waals surface area contributed by atoms with E-state index in [1.807, 2.05) is 6.07 Å². The van der Waals surface area contributed by atoms with Crippen molar-refractivity contribution in [3.05, 3.63) is 83.5 Å². The number of halogens is 1. The molecule has 1 aliphatic heterocycles. The van der Waals surface area contributed by atoms with Crippen LogP contribution >= 0.6 is 0 Å². The lowest BCUT2D eigenvalue weighted by Gasteiger charge is -2.25. The highest BCUT2D eigenvalue weighted by Gasteiger charge is 2.28. The lowest BCUT2D eigenvalue weighted by Crippen LogP contribution is -2.38. The molecule has 0 aliphatic carbocycles. The van der Waals surface area contributed by atoms with Crippen LogP contribution in [0.3, 0.4) is 0 Å². The first kappa shape index (κ1) is 16.9. The van der Waals surface area contributed by atoms with Crippen molar-refractivity contribution in [1.82, 2.24) is 25.2 Å². The maximum atomic E-state index is 13.1. The highest BCUT2D eigenvalue weighted by molar-refractivity contribution is 5.96. The molecule has 0 saturated heterocycles. The molecule has 2 N–H and O–H groups in total. The summed E-state index contributed by atoms with van der Waals surface area (Å²) in [4.78, 5) is 32.8. The fourth-order valence-electron chi connectivity index (χ4n) is 2.97. The molecule has 2 amide bonds. The maximum Gasteiger partial charge on any atom is 0.287 e. The molecule has 0 spiro atoms. The molecule has 7 nitrogen and oxygen atoms in total. The van der Waals surface area contributed by atoms with Crippen molar-refractivity contribution in [3.63, 3.8) is 0 Å². The van der Waals surface area contributed by atoms with Crippen molar-refractivity contribution in [2.24, 2.45) is 0 Å². The minimum atomic E-state index is -0.373. The molecule has 3 heterocycles. The molecule has 0 unspecified atom stereocenters. The normalized spacial score (nSPS) is 15.7. The zero-order valence-electron chi connectivity index (χ0n) is 14.2. The maximum absolute atomic E-state index is 13.1. The molecule has 0 saturated carbocycles. The van der Waals surface area contributed by atoms with Crippen LogP contribution < -0.4 is 10.6 Å². The van der Waals surface area contributed by atoms with E-state index in [2.05, 4.69) is 20.6 Å². The Balaban J connectivity index is 1.49. The van der Waals surface area contributed by atoms with E-state index in [0.717, 1.165) is 11.1 Å². The van der Waals surface area contributed by atoms with Gasteiger partial charge in [0.15, 0.2) is 5.82 Å². The summed E-state index contributed by atoms with van der Waals surface area (Å²) in [7, 11) is 0. The minimum Gasteiger partial charge on any atom is -0.347 e. The lowest BCUT2D eigenvalue weighted by atomic mass is 10.1. The molecule has 1 aliphatic rings. The number of pyridine rings is 1. The number of hydrogen-bond donors (Lipinski definition) is 2. The lowest BCUT2D eigenvalue weighted by molar-refractivity contribution is 0.0894. The van der Waals surface area contributed by atoms with Gasteiger partial charge in [0, 0.05) is 31.7 Å². The van der Waals surface area contributed by atoms with Crippen LogP contribution in [0, 0.1) is 5.82 Å². The third-order valence-electron chi connectivity index (χ3n) is 4.35. The van der Waals surface area contributed by atoms with Crippen molar-refractivity contribution in [2.45, 2.75) is 19.1 Å². The number of hydrogen-bond acceptors (Lipinski definition) is 4. The van der Waals surface area contributed by atoms with Gasteiger partial charge in [-0.05, 0) is 29.3 Å². The molecule has 136 valence electrons. The van der Waals surface area contributed by atoms with Crippen molar-refractivity contribution >= 4 is 11.8 Å². The highest BCUT2D eigenvalue weighted by Crippen LogP contribution is 2.21. The molecule has 0 radical (unpaired) electrons. The molecule has 8 heteroatoms. The summed E-state index contributed by atoms with van der Waals surface area (Å²) in [6, 6.07) is 9.28. The molecule has 2 aromatic heterocycles. The molecule has 0 bridgehead atoms. The van der Waals surface area contributed by atoms with Crippen molar-refractivity contribution in [2.75, 3.05) is 0 Å². The number of imidazole rings is 1. The Labute approximate surface area is 154 Å². The number of fused-ring (bicyclic) bond motifs is 1. The third kappa shape index (κ3) is 3.55. The smallest absolute Gasteiger partial charge is 0.287 e. The van der Waals surface area contributed by atoms with Crippen LogP contribution in [0.25, 0.3) is 0 Å². The number of nitrogens with one attached hydrogen (secondary N) is 2. The largest absolute Gasteiger partial charge is 0.347 e. The van der Waals surface area contributed by atoms with E-state index >= 15 is 0 Å². The number of amides is 2. The summed E-state index contributed by atoms with van der Waals surface area (Å²) in [5.74, 6) is -0.898. The predicted octanol–water partition coefficient (Wildman–Crippen LogP) is 1.83. The first-order valence-corrected chi connectivity index (χ1v) is 8.41. The van der Waals surface area contributed by atoms with E-state index in [0.29, 0.717) is 13.1 Å². The Morgan fingerprint density at radius 2 is 2.11 bits per heavy atom. The number of carbonyl (C=O) groups is 2. The van der Waals surface area contributed by atoms with E-state index in [-0.39, 0.29) is 35.2 Å². The quantitative estimate of drug-likeness (QED) is 0.738. The van der Waals surface area contributed by atoms with Crippen LogP contribution in [0.5, 0.6) is 0 Å². The van der Waals surface area contributed by atoms with E-state index in [9.17, 15) is 14.0 Å². The van der Waals surface area contributed by atoms with Gasteiger partial charge in [-0.25, -0.2) is 9.37 Å². The van der Waals surface area contributed by atoms with Crippen LogP contribution in [0.15, 0.2) is 55.0 Å². The average Bonchev–Trinajstić information content (AvgIpc) is 3.12. The summed E-state index contributed by atoms with van der Waals surface area (Å²) < 4.78 is 14.8. The molecule has 1 atom stereocenters. The topological polar surface area (TPSA) is 88.9 Å². The summed E-state index contributed by atoms with van der Waals surface area (Å²) in [6.45, 7) is 0.731. The Morgan fingerprint density at radius 3 is 2.85 bits per heavy atom. The van der Waals surface area contributed by atoms with E-state index < -0.39 is 0 Å². The second kappa shape index (κ2) is 6.99. The van der Waals surface area contributed by atoms with Gasteiger partial charge in [-0.3, -0.25) is 14.6 Å². The molecular weight excluding hydrogens is 349 g/mol. The van der Waals surface area contributed by atoms with Crippen molar-refractivity contribution < 1.29 is 14.0 Å². The monoisotopic (exact) mass is 365 g/mol. The van der Waals surface area contributed by atoms with Crippen molar-refractivity contribution in [1.29, 1.82) is 0 Å². The van der Waals surface area contributed by atoms with Gasteiger partial charge in [0.25, 0.3) is 11.8 Å². The van der Waals surface area contributed by atoms with Gasteiger partial charge >= 0.3 is 0 Å². The van der Waals surface area contributed by atoms with Gasteiger partial charge in [0.2, 0.25) is 0 Å². The summed E-state index contributed by atoms with van der Waals surface area (Å²) in [5, 5.41) is 5.59. The summed E-state index contributed by atoms with van der Waals surface area (Å²) >= 11 is 0. The fraction of sp³-hybridized carbons (Fsp3) is 0.158. The van der Waals surface area contributed by atoms with Crippen LogP contribution in [0.1, 0.15) is 38.3 Å². The van der Waals surface area contributed by atoms with Crippen LogP contribution in [0.4, 0.5) is 4.39 Å². The van der Waals surface area contributed by atoms with Gasteiger partial charge in [0.1, 0.15) is 11.5 Å². The molecule has 0 fully saturated rings.